The molecule has 0 fully saturated rings. The first-order chi connectivity index (χ1) is 14.7. The van der Waals surface area contributed by atoms with E-state index >= 15 is 0 Å². The highest BCUT2D eigenvalue weighted by molar-refractivity contribution is 5.90. The molecule has 0 aliphatic rings. The number of aryl methyl sites for hydroxylation is 1. The van der Waals surface area contributed by atoms with E-state index in [0.717, 1.165) is 11.1 Å². The van der Waals surface area contributed by atoms with E-state index in [1.165, 1.54) is 4.68 Å². The number of nitrogens with one attached hydrogen (secondary N) is 1. The second kappa shape index (κ2) is 7.79. The Morgan fingerprint density at radius 3 is 2.42 bits per heavy atom. The number of pyridine rings is 1. The Kier molecular flexibility index (Phi) is 5.14. The minimum atomic E-state index is -0.373. The predicted molar refractivity (Wildman–Crippen MR) is 119 cm³/mol. The summed E-state index contributed by atoms with van der Waals surface area (Å²) in [7, 11) is 0. The number of fused-ring (bicyclic) bond motifs is 1. The molecule has 3 heterocycles. The molecule has 0 saturated heterocycles. The number of carbonyl (C=O) groups excluding carboxylic acids is 1. The van der Waals surface area contributed by atoms with Gasteiger partial charge in [0.05, 0.1) is 16.8 Å². The van der Waals surface area contributed by atoms with Crippen LogP contribution in [0.1, 0.15) is 32.2 Å². The molecule has 31 heavy (non-hydrogen) atoms. The number of anilines is 1. The van der Waals surface area contributed by atoms with Gasteiger partial charge in [0.1, 0.15) is 12.4 Å². The lowest BCUT2D eigenvalue weighted by molar-refractivity contribution is -0.117. The number of amides is 1. The Hall–Kier alpha value is -3.81. The fraction of sp³-hybridized carbons (Fsp3) is 0.261. The van der Waals surface area contributed by atoms with Crippen molar-refractivity contribution in [1.82, 2.24) is 24.5 Å². The average Bonchev–Trinajstić information content (AvgIpc) is 3.16. The number of rotatable bonds is 4. The Labute approximate surface area is 179 Å². The number of nitrogens with zero attached hydrogens (tertiary/aromatic N) is 5. The minimum Gasteiger partial charge on any atom is -0.309 e. The highest BCUT2D eigenvalue weighted by atomic mass is 16.2. The van der Waals surface area contributed by atoms with Gasteiger partial charge in [-0.15, -0.1) is 0 Å². The molecule has 0 bridgehead atoms. The predicted octanol–water partition coefficient (Wildman–Crippen LogP) is 3.22. The summed E-state index contributed by atoms with van der Waals surface area (Å²) in [5.74, 6) is 0.700. The van der Waals surface area contributed by atoms with Crippen LogP contribution in [-0.2, 0) is 16.8 Å². The molecule has 4 aromatic rings. The van der Waals surface area contributed by atoms with E-state index in [2.05, 4.69) is 20.5 Å². The van der Waals surface area contributed by atoms with Crippen molar-refractivity contribution >= 4 is 22.5 Å². The molecule has 1 amide bonds. The molecule has 8 heteroatoms. The van der Waals surface area contributed by atoms with Gasteiger partial charge in [0, 0.05) is 23.1 Å². The summed E-state index contributed by atoms with van der Waals surface area (Å²) in [5, 5.41) is 13.1. The third kappa shape index (κ3) is 4.09. The van der Waals surface area contributed by atoms with Crippen molar-refractivity contribution in [2.45, 2.75) is 39.7 Å². The van der Waals surface area contributed by atoms with Crippen LogP contribution in [-0.4, -0.2) is 30.5 Å². The molecule has 3 aromatic heterocycles. The number of aromatic nitrogens is 5. The highest BCUT2D eigenvalue weighted by Crippen LogP contribution is 2.25. The molecule has 0 spiro atoms. The van der Waals surface area contributed by atoms with Gasteiger partial charge in [-0.1, -0.05) is 45.0 Å². The van der Waals surface area contributed by atoms with Gasteiger partial charge in [0.25, 0.3) is 5.56 Å². The molecule has 1 aromatic carbocycles. The molecule has 8 nitrogen and oxygen atoms in total. The van der Waals surface area contributed by atoms with E-state index in [1.54, 1.807) is 23.0 Å². The van der Waals surface area contributed by atoms with Crippen LogP contribution in [0.5, 0.6) is 0 Å². The smallest absolute Gasteiger partial charge is 0.275 e. The maximum atomic E-state index is 12.9. The fourth-order valence-corrected chi connectivity index (χ4v) is 3.32. The van der Waals surface area contributed by atoms with Gasteiger partial charge in [0.2, 0.25) is 5.91 Å². The molecule has 0 aliphatic carbocycles. The van der Waals surface area contributed by atoms with Crippen LogP contribution in [0, 0.1) is 6.92 Å². The zero-order valence-electron chi connectivity index (χ0n) is 18.0. The van der Waals surface area contributed by atoms with Gasteiger partial charge < -0.3 is 5.32 Å². The summed E-state index contributed by atoms with van der Waals surface area (Å²) < 4.78 is 2.79. The molecule has 0 aliphatic heterocycles. The average molecular weight is 416 g/mol. The van der Waals surface area contributed by atoms with Gasteiger partial charge in [-0.3, -0.25) is 9.59 Å². The Balaban J connectivity index is 1.67. The molecule has 1 N–H and O–H groups in total. The van der Waals surface area contributed by atoms with Crippen molar-refractivity contribution in [2.75, 3.05) is 5.32 Å². The first kappa shape index (κ1) is 20.5. The zero-order chi connectivity index (χ0) is 22.2. The largest absolute Gasteiger partial charge is 0.309 e. The van der Waals surface area contributed by atoms with E-state index in [1.807, 2.05) is 64.1 Å². The lowest BCUT2D eigenvalue weighted by Crippen LogP contribution is -2.30. The summed E-state index contributed by atoms with van der Waals surface area (Å²) in [6.45, 7) is 7.76. The summed E-state index contributed by atoms with van der Waals surface area (Å²) in [4.78, 5) is 30.0. The van der Waals surface area contributed by atoms with Crippen LogP contribution in [0.2, 0.25) is 0 Å². The third-order valence-corrected chi connectivity index (χ3v) is 4.96. The first-order valence-electron chi connectivity index (χ1n) is 10.0. The highest BCUT2D eigenvalue weighted by Gasteiger charge is 2.22. The Bertz CT molecular complexity index is 1320. The van der Waals surface area contributed by atoms with Crippen LogP contribution in [0.15, 0.2) is 59.5 Å². The summed E-state index contributed by atoms with van der Waals surface area (Å²) in [6, 6.07) is 14.6. The lowest BCUT2D eigenvalue weighted by Gasteiger charge is -2.13. The molecule has 0 unspecified atom stereocenters. The van der Waals surface area contributed by atoms with E-state index in [-0.39, 0.29) is 23.4 Å². The van der Waals surface area contributed by atoms with Crippen molar-refractivity contribution in [3.63, 3.8) is 0 Å². The summed E-state index contributed by atoms with van der Waals surface area (Å²) in [5.41, 5.74) is 0.986. The minimum absolute atomic E-state index is 0.206. The molecule has 158 valence electrons. The number of hydrogen-bond donors (Lipinski definition) is 1. The van der Waals surface area contributed by atoms with Crippen molar-refractivity contribution in [1.29, 1.82) is 0 Å². The SMILES string of the molecule is Cc1nn(CC(=O)Nc2cc(C(C)(C)C)nn2-c2ccccn2)c(=O)c2ccccc12. The van der Waals surface area contributed by atoms with E-state index in [4.69, 9.17) is 0 Å². The van der Waals surface area contributed by atoms with Crippen molar-refractivity contribution in [3.8, 4) is 5.82 Å². The first-order valence-corrected chi connectivity index (χ1v) is 10.0. The fourth-order valence-electron chi connectivity index (χ4n) is 3.32. The molecule has 0 radical (unpaired) electrons. The molecule has 4 rings (SSSR count). The van der Waals surface area contributed by atoms with Crippen LogP contribution < -0.4 is 10.9 Å². The quantitative estimate of drug-likeness (QED) is 0.551. The van der Waals surface area contributed by atoms with Gasteiger partial charge in [-0.05, 0) is 25.1 Å². The monoisotopic (exact) mass is 416 g/mol. The van der Waals surface area contributed by atoms with Gasteiger partial charge in [-0.25, -0.2) is 9.67 Å². The van der Waals surface area contributed by atoms with Crippen molar-refractivity contribution in [3.05, 3.63) is 76.5 Å². The molecule has 0 atom stereocenters. The lowest BCUT2D eigenvalue weighted by atomic mass is 9.92. The molecular weight excluding hydrogens is 392 g/mol. The van der Waals surface area contributed by atoms with Crippen LogP contribution >= 0.6 is 0 Å². The Morgan fingerprint density at radius 1 is 1.03 bits per heavy atom. The third-order valence-electron chi connectivity index (χ3n) is 4.96. The number of hydrogen-bond acceptors (Lipinski definition) is 5. The normalized spacial score (nSPS) is 11.6. The van der Waals surface area contributed by atoms with Crippen LogP contribution in [0.25, 0.3) is 16.6 Å². The van der Waals surface area contributed by atoms with Crippen molar-refractivity contribution in [2.24, 2.45) is 0 Å². The summed E-state index contributed by atoms with van der Waals surface area (Å²) in [6.07, 6.45) is 1.67. The van der Waals surface area contributed by atoms with Crippen LogP contribution in [0.3, 0.4) is 0 Å². The summed E-state index contributed by atoms with van der Waals surface area (Å²) >= 11 is 0. The maximum Gasteiger partial charge on any atom is 0.275 e. The van der Waals surface area contributed by atoms with Gasteiger partial charge in [-0.2, -0.15) is 14.9 Å². The van der Waals surface area contributed by atoms with E-state index < -0.39 is 0 Å². The standard InChI is InChI=1S/C23H24N6O2/c1-15-16-9-5-6-10-17(16)22(31)28(26-15)14-21(30)25-20-13-18(23(2,3)4)27-29(20)19-11-7-8-12-24-19/h5-13H,14H2,1-4H3,(H,25,30). The number of carbonyl (C=O) groups is 1. The van der Waals surface area contributed by atoms with Gasteiger partial charge >= 0.3 is 0 Å². The van der Waals surface area contributed by atoms with Crippen molar-refractivity contribution < 1.29 is 4.79 Å². The second-order valence-electron chi connectivity index (χ2n) is 8.41. The zero-order valence-corrected chi connectivity index (χ0v) is 18.0. The van der Waals surface area contributed by atoms with Gasteiger partial charge in [0.15, 0.2) is 5.82 Å². The Morgan fingerprint density at radius 2 is 1.74 bits per heavy atom. The van der Waals surface area contributed by atoms with E-state index in [0.29, 0.717) is 22.7 Å². The maximum absolute atomic E-state index is 12.9. The van der Waals surface area contributed by atoms with E-state index in [9.17, 15) is 9.59 Å². The van der Waals surface area contributed by atoms with Crippen LogP contribution in [0.4, 0.5) is 5.82 Å². The topological polar surface area (TPSA) is 94.7 Å². The second-order valence-corrected chi connectivity index (χ2v) is 8.41. The number of benzene rings is 1. The molecular formula is C23H24N6O2. The molecule has 0 saturated carbocycles.